The monoisotopic (exact) mass is 326 g/mol. The van der Waals surface area contributed by atoms with Crippen molar-refractivity contribution in [1.82, 2.24) is 0 Å². The minimum Gasteiger partial charge on any atom is -0.496 e. The van der Waals surface area contributed by atoms with Crippen molar-refractivity contribution in [2.45, 2.75) is 52.4 Å². The average molecular weight is 327 g/mol. The Morgan fingerprint density at radius 2 is 1.89 bits per heavy atom. The molecule has 0 N–H and O–H groups in total. The van der Waals surface area contributed by atoms with E-state index >= 15 is 0 Å². The molecule has 1 aromatic rings. The fourth-order valence-electron chi connectivity index (χ4n) is 2.07. The SMILES string of the molecule is CCCCCCCC(=O)c1cc(Br)c(C)cc1OC. The van der Waals surface area contributed by atoms with Crippen LogP contribution >= 0.6 is 15.9 Å². The van der Waals surface area contributed by atoms with Crippen molar-refractivity contribution in [3.05, 3.63) is 27.7 Å². The molecular weight excluding hydrogens is 304 g/mol. The van der Waals surface area contributed by atoms with Gasteiger partial charge in [-0.25, -0.2) is 0 Å². The molecule has 0 saturated carbocycles. The minimum absolute atomic E-state index is 0.175. The van der Waals surface area contributed by atoms with Crippen LogP contribution in [0.2, 0.25) is 0 Å². The van der Waals surface area contributed by atoms with E-state index in [-0.39, 0.29) is 5.78 Å². The lowest BCUT2D eigenvalue weighted by Gasteiger charge is -2.10. The van der Waals surface area contributed by atoms with Crippen LogP contribution in [0, 0.1) is 6.92 Å². The van der Waals surface area contributed by atoms with E-state index < -0.39 is 0 Å². The van der Waals surface area contributed by atoms with Gasteiger partial charge < -0.3 is 4.74 Å². The summed E-state index contributed by atoms with van der Waals surface area (Å²) in [6.07, 6.45) is 6.41. The number of ether oxygens (including phenoxy) is 1. The number of Topliss-reactive ketones (excluding diaryl/α,β-unsaturated/α-hetero) is 1. The van der Waals surface area contributed by atoms with Crippen molar-refractivity contribution in [1.29, 1.82) is 0 Å². The van der Waals surface area contributed by atoms with Gasteiger partial charge >= 0.3 is 0 Å². The molecule has 106 valence electrons. The van der Waals surface area contributed by atoms with Gasteiger partial charge in [-0.3, -0.25) is 4.79 Å². The third kappa shape index (κ3) is 4.98. The highest BCUT2D eigenvalue weighted by Crippen LogP contribution is 2.28. The second-order valence-electron chi connectivity index (χ2n) is 4.89. The van der Waals surface area contributed by atoms with E-state index in [0.717, 1.165) is 22.9 Å². The summed E-state index contributed by atoms with van der Waals surface area (Å²) in [6.45, 7) is 4.19. The quantitative estimate of drug-likeness (QED) is 0.478. The first-order valence-corrected chi connectivity index (χ1v) is 7.76. The maximum atomic E-state index is 12.2. The first-order valence-electron chi connectivity index (χ1n) is 6.97. The molecule has 1 rings (SSSR count). The molecule has 0 atom stereocenters. The number of unbranched alkanes of at least 4 members (excludes halogenated alkanes) is 4. The zero-order chi connectivity index (χ0) is 14.3. The van der Waals surface area contributed by atoms with Crippen LogP contribution in [0.4, 0.5) is 0 Å². The first kappa shape index (κ1) is 16.2. The van der Waals surface area contributed by atoms with Gasteiger partial charge in [0.2, 0.25) is 0 Å². The van der Waals surface area contributed by atoms with Gasteiger partial charge in [-0.1, -0.05) is 48.5 Å². The van der Waals surface area contributed by atoms with Crippen molar-refractivity contribution in [3.8, 4) is 5.75 Å². The van der Waals surface area contributed by atoms with Gasteiger partial charge in [0, 0.05) is 10.9 Å². The van der Waals surface area contributed by atoms with Crippen molar-refractivity contribution in [2.75, 3.05) is 7.11 Å². The molecule has 0 unspecified atom stereocenters. The highest BCUT2D eigenvalue weighted by atomic mass is 79.9. The lowest BCUT2D eigenvalue weighted by atomic mass is 10.0. The summed E-state index contributed by atoms with van der Waals surface area (Å²) >= 11 is 3.47. The largest absolute Gasteiger partial charge is 0.496 e. The molecule has 0 aliphatic carbocycles. The summed E-state index contributed by atoms with van der Waals surface area (Å²) in [4.78, 5) is 12.2. The molecule has 19 heavy (non-hydrogen) atoms. The fourth-order valence-corrected chi connectivity index (χ4v) is 2.41. The van der Waals surface area contributed by atoms with Gasteiger partial charge in [-0.15, -0.1) is 0 Å². The van der Waals surface area contributed by atoms with Crippen LogP contribution in [-0.4, -0.2) is 12.9 Å². The summed E-state index contributed by atoms with van der Waals surface area (Å²) in [7, 11) is 1.61. The van der Waals surface area contributed by atoms with E-state index in [2.05, 4.69) is 22.9 Å². The van der Waals surface area contributed by atoms with Crippen molar-refractivity contribution in [2.24, 2.45) is 0 Å². The molecule has 0 amide bonds. The van der Waals surface area contributed by atoms with Gasteiger partial charge in [0.15, 0.2) is 5.78 Å². The van der Waals surface area contributed by atoms with E-state index in [9.17, 15) is 4.79 Å². The Kier molecular flexibility index (Phi) is 7.14. The lowest BCUT2D eigenvalue weighted by molar-refractivity contribution is 0.0976. The summed E-state index contributed by atoms with van der Waals surface area (Å²) in [5.41, 5.74) is 1.77. The van der Waals surface area contributed by atoms with Gasteiger partial charge in [-0.2, -0.15) is 0 Å². The van der Waals surface area contributed by atoms with Gasteiger partial charge in [0.25, 0.3) is 0 Å². The molecular formula is C16H23BrO2. The van der Waals surface area contributed by atoms with Crippen molar-refractivity contribution >= 4 is 21.7 Å². The van der Waals surface area contributed by atoms with Crippen molar-refractivity contribution in [3.63, 3.8) is 0 Å². The minimum atomic E-state index is 0.175. The number of methoxy groups -OCH3 is 1. The normalized spacial score (nSPS) is 10.5. The van der Waals surface area contributed by atoms with Crippen LogP contribution in [0.1, 0.15) is 61.4 Å². The maximum absolute atomic E-state index is 12.2. The van der Waals surface area contributed by atoms with Gasteiger partial charge in [0.05, 0.1) is 12.7 Å². The smallest absolute Gasteiger partial charge is 0.166 e. The second-order valence-corrected chi connectivity index (χ2v) is 5.74. The van der Waals surface area contributed by atoms with Crippen LogP contribution in [0.5, 0.6) is 5.75 Å². The third-order valence-corrected chi connectivity index (χ3v) is 4.14. The molecule has 0 radical (unpaired) electrons. The maximum Gasteiger partial charge on any atom is 0.166 e. The number of benzene rings is 1. The van der Waals surface area contributed by atoms with Crippen molar-refractivity contribution < 1.29 is 9.53 Å². The summed E-state index contributed by atoms with van der Waals surface area (Å²) in [6, 6.07) is 3.79. The molecule has 0 fully saturated rings. The van der Waals surface area contributed by atoms with E-state index in [1.807, 2.05) is 19.1 Å². The van der Waals surface area contributed by atoms with Gasteiger partial charge in [0.1, 0.15) is 5.75 Å². The van der Waals surface area contributed by atoms with E-state index in [0.29, 0.717) is 17.7 Å². The number of aryl methyl sites for hydroxylation is 1. The topological polar surface area (TPSA) is 26.3 Å². The van der Waals surface area contributed by atoms with Crippen LogP contribution < -0.4 is 4.74 Å². The average Bonchev–Trinajstić information content (AvgIpc) is 2.40. The molecule has 2 nitrogen and oxygen atoms in total. The second kappa shape index (κ2) is 8.36. The summed E-state index contributed by atoms with van der Waals surface area (Å²) in [5.74, 6) is 0.855. The van der Waals surface area contributed by atoms with Crippen LogP contribution in [-0.2, 0) is 0 Å². The summed E-state index contributed by atoms with van der Waals surface area (Å²) in [5, 5.41) is 0. The number of rotatable bonds is 8. The number of ketones is 1. The Labute approximate surface area is 124 Å². The van der Waals surface area contributed by atoms with Crippen LogP contribution in [0.25, 0.3) is 0 Å². The molecule has 0 heterocycles. The zero-order valence-electron chi connectivity index (χ0n) is 12.1. The third-order valence-electron chi connectivity index (χ3n) is 3.29. The van der Waals surface area contributed by atoms with Gasteiger partial charge in [-0.05, 0) is 31.0 Å². The Bertz CT molecular complexity index is 427. The Balaban J connectivity index is 2.63. The number of carbonyl (C=O) groups is 1. The van der Waals surface area contributed by atoms with E-state index in [1.165, 1.54) is 19.3 Å². The number of hydrogen-bond donors (Lipinski definition) is 0. The first-order chi connectivity index (χ1) is 9.10. The predicted octanol–water partition coefficient (Wildman–Crippen LogP) is 5.31. The van der Waals surface area contributed by atoms with Crippen LogP contribution in [0.15, 0.2) is 16.6 Å². The molecule has 0 aliphatic rings. The number of hydrogen-bond acceptors (Lipinski definition) is 2. The molecule has 1 aromatic carbocycles. The summed E-state index contributed by atoms with van der Waals surface area (Å²) < 4.78 is 6.27. The highest BCUT2D eigenvalue weighted by Gasteiger charge is 2.14. The number of halogens is 1. The van der Waals surface area contributed by atoms with E-state index in [1.54, 1.807) is 7.11 Å². The predicted molar refractivity (Wildman–Crippen MR) is 83.1 cm³/mol. The molecule has 0 spiro atoms. The lowest BCUT2D eigenvalue weighted by Crippen LogP contribution is -2.03. The Hall–Kier alpha value is -0.830. The standard InChI is InChI=1S/C16H23BrO2/c1-4-5-6-7-8-9-15(18)13-11-14(17)12(2)10-16(13)19-3/h10-11H,4-9H2,1-3H3. The zero-order valence-corrected chi connectivity index (χ0v) is 13.7. The fraction of sp³-hybridized carbons (Fsp3) is 0.562. The Morgan fingerprint density at radius 3 is 2.53 bits per heavy atom. The molecule has 0 saturated heterocycles. The van der Waals surface area contributed by atoms with E-state index in [4.69, 9.17) is 4.74 Å². The molecule has 0 aliphatic heterocycles. The highest BCUT2D eigenvalue weighted by molar-refractivity contribution is 9.10. The van der Waals surface area contributed by atoms with Crippen LogP contribution in [0.3, 0.4) is 0 Å². The number of carbonyl (C=O) groups excluding carboxylic acids is 1. The Morgan fingerprint density at radius 1 is 1.21 bits per heavy atom. The molecule has 3 heteroatoms. The molecule has 0 bridgehead atoms. The molecule has 0 aromatic heterocycles.